The second-order valence-corrected chi connectivity index (χ2v) is 4.69. The molecule has 15 heavy (non-hydrogen) atoms. The van der Waals surface area contributed by atoms with E-state index in [1.165, 1.54) is 17.7 Å². The quantitative estimate of drug-likeness (QED) is 0.740. The molecule has 3 nitrogen and oxygen atoms in total. The molecule has 1 atom stereocenters. The first-order valence-corrected chi connectivity index (χ1v) is 5.95. The lowest BCUT2D eigenvalue weighted by Crippen LogP contribution is -2.07. The third-order valence-corrected chi connectivity index (χ3v) is 3.63. The van der Waals surface area contributed by atoms with E-state index in [4.69, 9.17) is 17.0 Å². The number of aryl methyl sites for hydroxylation is 1. The average Bonchev–Trinajstić information content (AvgIpc) is 2.88. The normalized spacial score (nSPS) is 24.4. The fourth-order valence-corrected chi connectivity index (χ4v) is 2.74. The van der Waals surface area contributed by atoms with Crippen LogP contribution in [0.4, 0.5) is 0 Å². The van der Waals surface area contributed by atoms with Crippen LogP contribution in [0.1, 0.15) is 35.8 Å². The third-order valence-electron chi connectivity index (χ3n) is 3.29. The zero-order valence-corrected chi connectivity index (χ0v) is 9.40. The Kier molecular flexibility index (Phi) is 2.33. The first-order chi connectivity index (χ1) is 7.34. The Balaban J connectivity index is 2.03. The highest BCUT2D eigenvalue weighted by Gasteiger charge is 2.22. The molecule has 1 unspecified atom stereocenters. The molecule has 4 heteroatoms. The SMILES string of the molecule is S=c1nc(C2CCOC2)[nH]c2c1CCC2. The highest BCUT2D eigenvalue weighted by Crippen LogP contribution is 2.26. The summed E-state index contributed by atoms with van der Waals surface area (Å²) in [6, 6.07) is 0. The van der Waals surface area contributed by atoms with E-state index in [-0.39, 0.29) is 0 Å². The van der Waals surface area contributed by atoms with Crippen LogP contribution in [0.15, 0.2) is 0 Å². The van der Waals surface area contributed by atoms with Gasteiger partial charge < -0.3 is 9.72 Å². The molecular formula is C11H14N2OS. The Labute approximate surface area is 93.9 Å². The fraction of sp³-hybridized carbons (Fsp3) is 0.636. The molecule has 1 aliphatic carbocycles. The van der Waals surface area contributed by atoms with Gasteiger partial charge in [0, 0.05) is 23.8 Å². The predicted molar refractivity (Wildman–Crippen MR) is 59.6 cm³/mol. The molecule has 0 saturated carbocycles. The maximum absolute atomic E-state index is 5.38. The van der Waals surface area contributed by atoms with Gasteiger partial charge in [0.25, 0.3) is 0 Å². The van der Waals surface area contributed by atoms with Gasteiger partial charge in [-0.1, -0.05) is 12.2 Å². The van der Waals surface area contributed by atoms with E-state index < -0.39 is 0 Å². The number of hydrogen-bond donors (Lipinski definition) is 1. The van der Waals surface area contributed by atoms with E-state index in [1.54, 1.807) is 0 Å². The van der Waals surface area contributed by atoms with Crippen molar-refractivity contribution >= 4 is 12.2 Å². The first kappa shape index (κ1) is 9.48. The number of fused-ring (bicyclic) bond motifs is 1. The molecule has 1 fully saturated rings. The number of nitrogens with zero attached hydrogens (tertiary/aromatic N) is 1. The van der Waals surface area contributed by atoms with E-state index >= 15 is 0 Å². The van der Waals surface area contributed by atoms with Gasteiger partial charge in [-0.3, -0.25) is 0 Å². The molecule has 3 rings (SSSR count). The number of rotatable bonds is 1. The highest BCUT2D eigenvalue weighted by molar-refractivity contribution is 7.71. The Hall–Kier alpha value is -0.740. The number of hydrogen-bond acceptors (Lipinski definition) is 3. The van der Waals surface area contributed by atoms with E-state index in [0.717, 1.165) is 42.9 Å². The van der Waals surface area contributed by atoms with Gasteiger partial charge in [-0.2, -0.15) is 0 Å². The van der Waals surface area contributed by atoms with Crippen molar-refractivity contribution in [2.24, 2.45) is 0 Å². The summed E-state index contributed by atoms with van der Waals surface area (Å²) in [7, 11) is 0. The van der Waals surface area contributed by atoms with Crippen LogP contribution in [0.2, 0.25) is 0 Å². The zero-order valence-electron chi connectivity index (χ0n) is 8.58. The summed E-state index contributed by atoms with van der Waals surface area (Å²) in [5, 5.41) is 0. The molecule has 1 N–H and O–H groups in total. The van der Waals surface area contributed by atoms with Crippen LogP contribution in [0.5, 0.6) is 0 Å². The standard InChI is InChI=1S/C11H14N2OS/c15-11-8-2-1-3-9(8)12-10(13-11)7-4-5-14-6-7/h7H,1-6H2,(H,12,13,15). The van der Waals surface area contributed by atoms with Crippen molar-refractivity contribution < 1.29 is 4.74 Å². The van der Waals surface area contributed by atoms with Crippen molar-refractivity contribution in [1.29, 1.82) is 0 Å². The molecule has 0 bridgehead atoms. The molecule has 80 valence electrons. The second kappa shape index (κ2) is 3.68. The summed E-state index contributed by atoms with van der Waals surface area (Å²) in [6.07, 6.45) is 4.50. The van der Waals surface area contributed by atoms with Crippen LogP contribution >= 0.6 is 12.2 Å². The predicted octanol–water partition coefficient (Wildman–Crippen LogP) is 2.13. The van der Waals surface area contributed by atoms with Crippen LogP contribution in [0.3, 0.4) is 0 Å². The Morgan fingerprint density at radius 1 is 1.40 bits per heavy atom. The van der Waals surface area contributed by atoms with Gasteiger partial charge in [-0.25, -0.2) is 4.98 Å². The van der Waals surface area contributed by atoms with Gasteiger partial charge >= 0.3 is 0 Å². The van der Waals surface area contributed by atoms with Gasteiger partial charge in [-0.15, -0.1) is 0 Å². The topological polar surface area (TPSA) is 37.9 Å². The lowest BCUT2D eigenvalue weighted by molar-refractivity contribution is 0.193. The van der Waals surface area contributed by atoms with Crippen molar-refractivity contribution in [3.8, 4) is 0 Å². The third kappa shape index (κ3) is 1.62. The van der Waals surface area contributed by atoms with Crippen LogP contribution in [-0.2, 0) is 17.6 Å². The lowest BCUT2D eigenvalue weighted by Gasteiger charge is -2.09. The van der Waals surface area contributed by atoms with E-state index in [0.29, 0.717) is 5.92 Å². The van der Waals surface area contributed by atoms with E-state index in [2.05, 4.69) is 9.97 Å². The maximum Gasteiger partial charge on any atom is 0.133 e. The first-order valence-electron chi connectivity index (χ1n) is 5.54. The molecule has 2 aliphatic rings. The number of aromatic amines is 1. The van der Waals surface area contributed by atoms with Gasteiger partial charge in [0.15, 0.2) is 0 Å². The number of nitrogens with one attached hydrogen (secondary N) is 1. The minimum Gasteiger partial charge on any atom is -0.381 e. The fourth-order valence-electron chi connectivity index (χ4n) is 2.42. The Bertz CT molecular complexity index is 435. The van der Waals surface area contributed by atoms with Crippen LogP contribution in [0.25, 0.3) is 0 Å². The van der Waals surface area contributed by atoms with Crippen molar-refractivity contribution in [2.45, 2.75) is 31.6 Å². The molecule has 0 amide bonds. The number of ether oxygens (including phenoxy) is 1. The minimum atomic E-state index is 0.428. The zero-order chi connectivity index (χ0) is 10.3. The molecular weight excluding hydrogens is 208 g/mol. The van der Waals surface area contributed by atoms with Gasteiger partial charge in [0.05, 0.1) is 6.61 Å². The molecule has 2 heterocycles. The van der Waals surface area contributed by atoms with Gasteiger partial charge in [0.2, 0.25) is 0 Å². The molecule has 1 aromatic rings. The summed E-state index contributed by atoms with van der Waals surface area (Å²) in [5.74, 6) is 1.47. The maximum atomic E-state index is 5.38. The highest BCUT2D eigenvalue weighted by atomic mass is 32.1. The summed E-state index contributed by atoms with van der Waals surface area (Å²) in [6.45, 7) is 1.64. The molecule has 1 aliphatic heterocycles. The van der Waals surface area contributed by atoms with Crippen LogP contribution < -0.4 is 0 Å². The van der Waals surface area contributed by atoms with Crippen molar-refractivity contribution in [1.82, 2.24) is 9.97 Å². The molecule has 0 radical (unpaired) electrons. The lowest BCUT2D eigenvalue weighted by atomic mass is 10.1. The number of H-pyrrole nitrogens is 1. The van der Waals surface area contributed by atoms with Crippen molar-refractivity contribution in [3.63, 3.8) is 0 Å². The molecule has 0 spiro atoms. The molecule has 0 aromatic carbocycles. The Morgan fingerprint density at radius 2 is 2.33 bits per heavy atom. The summed E-state index contributed by atoms with van der Waals surface area (Å²) < 4.78 is 6.19. The molecule has 1 saturated heterocycles. The number of aromatic nitrogens is 2. The van der Waals surface area contributed by atoms with E-state index in [9.17, 15) is 0 Å². The van der Waals surface area contributed by atoms with Gasteiger partial charge in [-0.05, 0) is 25.7 Å². The summed E-state index contributed by atoms with van der Waals surface area (Å²) in [5.41, 5.74) is 2.59. The Morgan fingerprint density at radius 3 is 3.13 bits per heavy atom. The van der Waals surface area contributed by atoms with Crippen molar-refractivity contribution in [3.05, 3.63) is 21.7 Å². The van der Waals surface area contributed by atoms with Crippen LogP contribution in [0, 0.1) is 4.64 Å². The largest absolute Gasteiger partial charge is 0.381 e. The average molecular weight is 222 g/mol. The second-order valence-electron chi connectivity index (χ2n) is 4.30. The smallest absolute Gasteiger partial charge is 0.133 e. The van der Waals surface area contributed by atoms with Crippen molar-refractivity contribution in [2.75, 3.05) is 13.2 Å². The molecule has 1 aromatic heterocycles. The van der Waals surface area contributed by atoms with E-state index in [1.807, 2.05) is 0 Å². The monoisotopic (exact) mass is 222 g/mol. The summed E-state index contributed by atoms with van der Waals surface area (Å²) in [4.78, 5) is 7.96. The summed E-state index contributed by atoms with van der Waals surface area (Å²) >= 11 is 5.33. The van der Waals surface area contributed by atoms with Crippen LogP contribution in [-0.4, -0.2) is 23.2 Å². The minimum absolute atomic E-state index is 0.428. The van der Waals surface area contributed by atoms with Gasteiger partial charge in [0.1, 0.15) is 10.5 Å².